The van der Waals surface area contributed by atoms with E-state index in [0.29, 0.717) is 6.61 Å². The first-order chi connectivity index (χ1) is 13.4. The molecule has 0 fully saturated rings. The molecule has 1 aliphatic rings. The average molecular weight is 374 g/mol. The van der Waals surface area contributed by atoms with Gasteiger partial charge in [0.2, 0.25) is 0 Å². The van der Waals surface area contributed by atoms with Gasteiger partial charge in [-0.05, 0) is 60.7 Å². The van der Waals surface area contributed by atoms with Crippen LogP contribution >= 0.6 is 0 Å². The van der Waals surface area contributed by atoms with Crippen LogP contribution in [0.1, 0.15) is 30.5 Å². The van der Waals surface area contributed by atoms with Crippen LogP contribution in [0.2, 0.25) is 0 Å². The molecule has 28 heavy (non-hydrogen) atoms. The Morgan fingerprint density at radius 2 is 1.82 bits per heavy atom. The van der Waals surface area contributed by atoms with Crippen LogP contribution in [0.15, 0.2) is 60.7 Å². The maximum atomic E-state index is 12.7. The molecule has 3 aromatic carbocycles. The van der Waals surface area contributed by atoms with E-state index in [4.69, 9.17) is 4.74 Å². The second kappa shape index (κ2) is 7.19. The summed E-state index contributed by atoms with van der Waals surface area (Å²) in [4.78, 5) is 12.7. The van der Waals surface area contributed by atoms with Gasteiger partial charge in [-0.2, -0.15) is 0 Å². The van der Waals surface area contributed by atoms with Crippen LogP contribution in [0.25, 0.3) is 10.8 Å². The molecule has 0 saturated carbocycles. The molecule has 0 aliphatic carbocycles. The quantitative estimate of drug-likeness (QED) is 0.699. The first-order valence-corrected chi connectivity index (χ1v) is 9.72. The van der Waals surface area contributed by atoms with Gasteiger partial charge in [-0.25, -0.2) is 4.79 Å². The lowest BCUT2D eigenvalue weighted by molar-refractivity contribution is 0.206. The molecule has 0 bridgehead atoms. The van der Waals surface area contributed by atoms with Crippen molar-refractivity contribution in [2.75, 3.05) is 6.61 Å². The molecule has 4 rings (SSSR count). The van der Waals surface area contributed by atoms with E-state index in [1.807, 2.05) is 45.0 Å². The fourth-order valence-electron chi connectivity index (χ4n) is 3.84. The largest absolute Gasteiger partial charge is 0.491 e. The Kier molecular flexibility index (Phi) is 4.71. The van der Waals surface area contributed by atoms with Crippen molar-refractivity contribution in [3.05, 3.63) is 77.4 Å². The zero-order valence-corrected chi connectivity index (χ0v) is 16.6. The van der Waals surface area contributed by atoms with Crippen LogP contribution in [0.3, 0.4) is 0 Å². The van der Waals surface area contributed by atoms with Gasteiger partial charge in [-0.3, -0.25) is 0 Å². The molecule has 4 nitrogen and oxygen atoms in total. The number of hydrogen-bond donors (Lipinski definition) is 2. The van der Waals surface area contributed by atoms with Crippen molar-refractivity contribution in [3.63, 3.8) is 0 Å². The standard InChI is InChI=1S/C24H26N2O2/c1-16-7-6-10-19-14-21(15-28-22(16)19)25-23(27)26-24(2,3)20-12-11-17-8-4-5-9-18(17)13-20/h4-13,21H,14-15H2,1-3H3,(H2,25,26,27). The lowest BCUT2D eigenvalue weighted by Crippen LogP contribution is -2.52. The molecule has 0 saturated heterocycles. The summed E-state index contributed by atoms with van der Waals surface area (Å²) in [5.74, 6) is 0.956. The zero-order chi connectivity index (χ0) is 19.7. The maximum Gasteiger partial charge on any atom is 0.315 e. The summed E-state index contributed by atoms with van der Waals surface area (Å²) in [5, 5.41) is 8.55. The maximum absolute atomic E-state index is 12.7. The highest BCUT2D eigenvalue weighted by Gasteiger charge is 2.26. The second-order valence-electron chi connectivity index (χ2n) is 8.06. The SMILES string of the molecule is Cc1cccc2c1OCC(NC(=O)NC(C)(C)c1ccc3ccccc3c1)C2. The minimum Gasteiger partial charge on any atom is -0.491 e. The number of benzene rings is 3. The van der Waals surface area contributed by atoms with Gasteiger partial charge in [0.25, 0.3) is 0 Å². The van der Waals surface area contributed by atoms with Crippen LogP contribution in [-0.2, 0) is 12.0 Å². The molecule has 144 valence electrons. The molecular weight excluding hydrogens is 348 g/mol. The number of rotatable bonds is 3. The lowest BCUT2D eigenvalue weighted by Gasteiger charge is -2.31. The summed E-state index contributed by atoms with van der Waals surface area (Å²) in [5.41, 5.74) is 2.86. The van der Waals surface area contributed by atoms with Crippen molar-refractivity contribution in [2.24, 2.45) is 0 Å². The molecule has 2 amide bonds. The van der Waals surface area contributed by atoms with Crippen LogP contribution in [-0.4, -0.2) is 18.7 Å². The van der Waals surface area contributed by atoms with Crippen LogP contribution < -0.4 is 15.4 Å². The van der Waals surface area contributed by atoms with E-state index >= 15 is 0 Å². The minimum atomic E-state index is -0.488. The normalized spacial score (nSPS) is 16.2. The Morgan fingerprint density at radius 1 is 1.04 bits per heavy atom. The Labute approximate surface area is 165 Å². The Hall–Kier alpha value is -3.01. The molecule has 0 radical (unpaired) electrons. The first-order valence-electron chi connectivity index (χ1n) is 9.72. The predicted octanol–water partition coefficient (Wildman–Crippen LogP) is 4.69. The third-order valence-electron chi connectivity index (χ3n) is 5.42. The van der Waals surface area contributed by atoms with Crippen molar-refractivity contribution in [2.45, 2.75) is 38.8 Å². The third-order valence-corrected chi connectivity index (χ3v) is 5.42. The van der Waals surface area contributed by atoms with Crippen LogP contribution in [0.5, 0.6) is 5.75 Å². The Bertz CT molecular complexity index is 1030. The smallest absolute Gasteiger partial charge is 0.315 e. The van der Waals surface area contributed by atoms with Gasteiger partial charge < -0.3 is 15.4 Å². The van der Waals surface area contributed by atoms with E-state index in [9.17, 15) is 4.79 Å². The van der Waals surface area contributed by atoms with E-state index < -0.39 is 5.54 Å². The zero-order valence-electron chi connectivity index (χ0n) is 16.6. The highest BCUT2D eigenvalue weighted by atomic mass is 16.5. The monoisotopic (exact) mass is 374 g/mol. The molecule has 0 aromatic heterocycles. The Balaban J connectivity index is 1.43. The summed E-state index contributed by atoms with van der Waals surface area (Å²) in [7, 11) is 0. The van der Waals surface area contributed by atoms with Gasteiger partial charge >= 0.3 is 6.03 Å². The number of carbonyl (C=O) groups excluding carboxylic acids is 1. The van der Waals surface area contributed by atoms with Gasteiger partial charge in [0.15, 0.2) is 0 Å². The number of nitrogens with one attached hydrogen (secondary N) is 2. The molecule has 1 aliphatic heterocycles. The van der Waals surface area contributed by atoms with Gasteiger partial charge in [0.1, 0.15) is 12.4 Å². The van der Waals surface area contributed by atoms with E-state index in [-0.39, 0.29) is 12.1 Å². The number of urea groups is 1. The molecule has 0 spiro atoms. The summed E-state index contributed by atoms with van der Waals surface area (Å²) >= 11 is 0. The fourth-order valence-corrected chi connectivity index (χ4v) is 3.84. The number of hydrogen-bond acceptors (Lipinski definition) is 2. The number of fused-ring (bicyclic) bond motifs is 2. The fraction of sp³-hybridized carbons (Fsp3) is 0.292. The number of aryl methyl sites for hydroxylation is 1. The minimum absolute atomic E-state index is 0.0401. The number of ether oxygens (including phenoxy) is 1. The number of carbonyl (C=O) groups is 1. The number of para-hydroxylation sites is 1. The van der Waals surface area contributed by atoms with Crippen molar-refractivity contribution in [3.8, 4) is 5.75 Å². The van der Waals surface area contributed by atoms with Gasteiger partial charge in [-0.15, -0.1) is 0 Å². The molecular formula is C24H26N2O2. The average Bonchev–Trinajstić information content (AvgIpc) is 2.67. The lowest BCUT2D eigenvalue weighted by atomic mass is 9.92. The summed E-state index contributed by atoms with van der Waals surface area (Å²) in [6.45, 7) is 6.58. The highest BCUT2D eigenvalue weighted by molar-refractivity contribution is 5.83. The number of amides is 2. The van der Waals surface area contributed by atoms with Crippen LogP contribution in [0, 0.1) is 6.92 Å². The van der Waals surface area contributed by atoms with Crippen molar-refractivity contribution in [1.82, 2.24) is 10.6 Å². The van der Waals surface area contributed by atoms with Gasteiger partial charge in [0.05, 0.1) is 11.6 Å². The molecule has 3 aromatic rings. The molecule has 2 N–H and O–H groups in total. The third kappa shape index (κ3) is 3.68. The van der Waals surface area contributed by atoms with Crippen molar-refractivity contribution in [1.29, 1.82) is 0 Å². The highest BCUT2D eigenvalue weighted by Crippen LogP contribution is 2.28. The summed E-state index contributed by atoms with van der Waals surface area (Å²) in [6, 6.07) is 20.5. The molecule has 4 heteroatoms. The van der Waals surface area contributed by atoms with E-state index in [1.54, 1.807) is 0 Å². The van der Waals surface area contributed by atoms with E-state index in [2.05, 4.69) is 47.0 Å². The molecule has 1 heterocycles. The topological polar surface area (TPSA) is 50.4 Å². The van der Waals surface area contributed by atoms with Gasteiger partial charge in [0, 0.05) is 0 Å². The van der Waals surface area contributed by atoms with Gasteiger partial charge in [-0.1, -0.05) is 54.6 Å². The second-order valence-corrected chi connectivity index (χ2v) is 8.06. The van der Waals surface area contributed by atoms with E-state index in [1.165, 1.54) is 10.8 Å². The van der Waals surface area contributed by atoms with E-state index in [0.717, 1.165) is 28.9 Å². The summed E-state index contributed by atoms with van der Waals surface area (Å²) in [6.07, 6.45) is 0.779. The first kappa shape index (κ1) is 18.4. The van der Waals surface area contributed by atoms with Crippen molar-refractivity contribution < 1.29 is 9.53 Å². The Morgan fingerprint density at radius 3 is 2.64 bits per heavy atom. The predicted molar refractivity (Wildman–Crippen MR) is 113 cm³/mol. The molecule has 1 unspecified atom stereocenters. The van der Waals surface area contributed by atoms with Crippen molar-refractivity contribution >= 4 is 16.8 Å². The van der Waals surface area contributed by atoms with Crippen LogP contribution in [0.4, 0.5) is 4.79 Å². The molecule has 1 atom stereocenters. The summed E-state index contributed by atoms with van der Waals surface area (Å²) < 4.78 is 5.89.